The summed E-state index contributed by atoms with van der Waals surface area (Å²) in [6, 6.07) is 1.17. The number of hydrogen-bond acceptors (Lipinski definition) is 4. The number of hydrogen-bond donors (Lipinski definition) is 1. The van der Waals surface area contributed by atoms with E-state index in [4.69, 9.17) is 5.11 Å². The van der Waals surface area contributed by atoms with Gasteiger partial charge in [0.1, 0.15) is 0 Å². The molecular weight excluding hydrogens is 268 g/mol. The second kappa shape index (κ2) is 7.04. The topological polar surface area (TPSA) is 61.6 Å². The second-order valence-corrected chi connectivity index (χ2v) is 6.17. The first-order valence-electron chi connectivity index (χ1n) is 7.67. The smallest absolute Gasteiger partial charge is 0.305 e. The summed E-state index contributed by atoms with van der Waals surface area (Å²) in [4.78, 5) is 15.5. The van der Waals surface area contributed by atoms with E-state index >= 15 is 0 Å². The van der Waals surface area contributed by atoms with E-state index in [1.54, 1.807) is 4.68 Å². The van der Waals surface area contributed by atoms with Gasteiger partial charge in [-0.1, -0.05) is 0 Å². The van der Waals surface area contributed by atoms with Crippen molar-refractivity contribution < 1.29 is 9.90 Å². The lowest BCUT2D eigenvalue weighted by atomic mass is 10.1. The van der Waals surface area contributed by atoms with Gasteiger partial charge in [-0.3, -0.25) is 19.3 Å². The summed E-state index contributed by atoms with van der Waals surface area (Å²) in [7, 11) is 0. The summed E-state index contributed by atoms with van der Waals surface area (Å²) in [5, 5.41) is 12.9. The summed E-state index contributed by atoms with van der Waals surface area (Å²) in [5.41, 5.74) is 1.16. The molecule has 1 aliphatic rings. The number of nitrogens with zero attached hydrogens (tertiary/aromatic N) is 4. The summed E-state index contributed by atoms with van der Waals surface area (Å²) < 4.78 is 1.72. The highest BCUT2D eigenvalue weighted by Gasteiger charge is 2.25. The zero-order chi connectivity index (χ0) is 15.4. The number of carboxylic acid groups (broad SMARTS) is 1. The van der Waals surface area contributed by atoms with Crippen LogP contribution < -0.4 is 0 Å². The fourth-order valence-electron chi connectivity index (χ4n) is 3.04. The van der Waals surface area contributed by atoms with Crippen LogP contribution >= 0.6 is 0 Å². The largest absolute Gasteiger partial charge is 0.481 e. The van der Waals surface area contributed by atoms with Crippen LogP contribution in [0.15, 0.2) is 12.4 Å². The molecule has 118 valence electrons. The van der Waals surface area contributed by atoms with Crippen LogP contribution in [0.25, 0.3) is 0 Å². The van der Waals surface area contributed by atoms with Crippen molar-refractivity contribution in [2.45, 2.75) is 52.4 Å². The van der Waals surface area contributed by atoms with Crippen LogP contribution in [0.1, 0.15) is 32.8 Å². The van der Waals surface area contributed by atoms with E-state index in [1.807, 2.05) is 12.4 Å². The number of rotatable bonds is 6. The minimum Gasteiger partial charge on any atom is -0.481 e. The molecule has 0 aromatic carbocycles. The van der Waals surface area contributed by atoms with Crippen LogP contribution in [0.4, 0.5) is 0 Å². The average molecular weight is 294 g/mol. The van der Waals surface area contributed by atoms with Crippen molar-refractivity contribution in [3.05, 3.63) is 18.0 Å². The van der Waals surface area contributed by atoms with Gasteiger partial charge < -0.3 is 5.11 Å². The zero-order valence-corrected chi connectivity index (χ0v) is 13.2. The van der Waals surface area contributed by atoms with Gasteiger partial charge in [0.25, 0.3) is 0 Å². The van der Waals surface area contributed by atoms with Gasteiger partial charge in [-0.2, -0.15) is 5.10 Å². The van der Waals surface area contributed by atoms with Crippen molar-refractivity contribution in [2.75, 3.05) is 19.6 Å². The molecule has 1 aromatic heterocycles. The predicted molar refractivity (Wildman–Crippen MR) is 81.1 cm³/mol. The summed E-state index contributed by atoms with van der Waals surface area (Å²) in [6.45, 7) is 11.4. The number of aryl methyl sites for hydroxylation is 1. The highest BCUT2D eigenvalue weighted by molar-refractivity contribution is 5.66. The summed E-state index contributed by atoms with van der Waals surface area (Å²) >= 11 is 0. The molecule has 0 unspecified atom stereocenters. The third-order valence-electron chi connectivity index (χ3n) is 4.07. The van der Waals surface area contributed by atoms with Crippen molar-refractivity contribution in [1.82, 2.24) is 19.6 Å². The molecule has 2 heterocycles. The van der Waals surface area contributed by atoms with Gasteiger partial charge >= 0.3 is 5.97 Å². The van der Waals surface area contributed by atoms with Crippen molar-refractivity contribution in [3.8, 4) is 0 Å². The van der Waals surface area contributed by atoms with Crippen molar-refractivity contribution in [2.24, 2.45) is 0 Å². The average Bonchev–Trinajstić information content (AvgIpc) is 2.83. The third-order valence-corrected chi connectivity index (χ3v) is 4.07. The second-order valence-electron chi connectivity index (χ2n) is 6.17. The van der Waals surface area contributed by atoms with Crippen molar-refractivity contribution >= 4 is 5.97 Å². The maximum atomic E-state index is 10.6. The van der Waals surface area contributed by atoms with E-state index in [0.29, 0.717) is 18.6 Å². The first-order valence-corrected chi connectivity index (χ1v) is 7.67. The van der Waals surface area contributed by atoms with E-state index in [2.05, 4.69) is 35.7 Å². The standard InChI is InChI=1S/C15H26N4O2/c1-12(2)19-7-6-17(9-13(19)3)10-14-8-16-18(11-14)5-4-15(20)21/h8,11-13H,4-7,9-10H2,1-3H3,(H,20,21)/t13-/m0/s1. The van der Waals surface area contributed by atoms with Gasteiger partial charge in [0.05, 0.1) is 19.2 Å². The lowest BCUT2D eigenvalue weighted by molar-refractivity contribution is -0.137. The molecule has 1 aliphatic heterocycles. The Bertz CT molecular complexity index is 472. The van der Waals surface area contributed by atoms with Crippen LogP contribution in [0.2, 0.25) is 0 Å². The number of aliphatic carboxylic acids is 1. The van der Waals surface area contributed by atoms with Crippen molar-refractivity contribution in [3.63, 3.8) is 0 Å². The third kappa shape index (κ3) is 4.54. The molecule has 0 spiro atoms. The Morgan fingerprint density at radius 3 is 2.86 bits per heavy atom. The normalized spacial score (nSPS) is 21.0. The van der Waals surface area contributed by atoms with E-state index in [1.165, 1.54) is 0 Å². The van der Waals surface area contributed by atoms with Gasteiger partial charge in [0.2, 0.25) is 0 Å². The molecule has 6 heteroatoms. The quantitative estimate of drug-likeness (QED) is 0.856. The molecule has 1 saturated heterocycles. The maximum Gasteiger partial charge on any atom is 0.305 e. The molecule has 0 bridgehead atoms. The maximum absolute atomic E-state index is 10.6. The lowest BCUT2D eigenvalue weighted by Gasteiger charge is -2.42. The summed E-state index contributed by atoms with van der Waals surface area (Å²) in [5.74, 6) is -0.786. The molecule has 1 aromatic rings. The minimum atomic E-state index is -0.786. The van der Waals surface area contributed by atoms with Crippen molar-refractivity contribution in [1.29, 1.82) is 0 Å². The Kier molecular flexibility index (Phi) is 5.36. The van der Waals surface area contributed by atoms with Crippen LogP contribution in [0.5, 0.6) is 0 Å². The molecule has 2 rings (SSSR count). The molecule has 1 fully saturated rings. The number of piperazine rings is 1. The van der Waals surface area contributed by atoms with Crippen LogP contribution in [0, 0.1) is 0 Å². The highest BCUT2D eigenvalue weighted by Crippen LogP contribution is 2.15. The van der Waals surface area contributed by atoms with Crippen LogP contribution in [0.3, 0.4) is 0 Å². The van der Waals surface area contributed by atoms with E-state index in [0.717, 1.165) is 31.7 Å². The fourth-order valence-corrected chi connectivity index (χ4v) is 3.04. The van der Waals surface area contributed by atoms with Gasteiger partial charge in [0.15, 0.2) is 0 Å². The first-order chi connectivity index (χ1) is 9.95. The Labute approximate surface area is 126 Å². The molecule has 1 atom stereocenters. The number of carboxylic acids is 1. The number of carbonyl (C=O) groups is 1. The SMILES string of the molecule is CC(C)N1CCN(Cc2cnn(CCC(=O)O)c2)C[C@@H]1C. The first kappa shape index (κ1) is 16.0. The number of aromatic nitrogens is 2. The van der Waals surface area contributed by atoms with Crippen LogP contribution in [-0.2, 0) is 17.9 Å². The molecule has 1 N–H and O–H groups in total. The van der Waals surface area contributed by atoms with Crippen LogP contribution in [-0.4, -0.2) is 62.4 Å². The minimum absolute atomic E-state index is 0.116. The predicted octanol–water partition coefficient (Wildman–Crippen LogP) is 1.27. The van der Waals surface area contributed by atoms with Gasteiger partial charge in [-0.25, -0.2) is 0 Å². The fraction of sp³-hybridized carbons (Fsp3) is 0.733. The highest BCUT2D eigenvalue weighted by atomic mass is 16.4. The molecule has 0 amide bonds. The molecule has 21 heavy (non-hydrogen) atoms. The Balaban J connectivity index is 1.84. The lowest BCUT2D eigenvalue weighted by Crippen LogP contribution is -2.53. The molecule has 0 aliphatic carbocycles. The van der Waals surface area contributed by atoms with Gasteiger partial charge in [-0.15, -0.1) is 0 Å². The van der Waals surface area contributed by atoms with Gasteiger partial charge in [-0.05, 0) is 20.8 Å². The monoisotopic (exact) mass is 294 g/mol. The van der Waals surface area contributed by atoms with Gasteiger partial charge in [0, 0.05) is 50.0 Å². The molecule has 0 saturated carbocycles. The van der Waals surface area contributed by atoms with E-state index < -0.39 is 5.97 Å². The molecule has 6 nitrogen and oxygen atoms in total. The molecular formula is C15H26N4O2. The molecule has 0 radical (unpaired) electrons. The summed E-state index contributed by atoms with van der Waals surface area (Å²) in [6.07, 6.45) is 3.93. The van der Waals surface area contributed by atoms with E-state index in [-0.39, 0.29) is 6.42 Å². The zero-order valence-electron chi connectivity index (χ0n) is 13.2. The Morgan fingerprint density at radius 1 is 1.48 bits per heavy atom. The Hall–Kier alpha value is -1.40. The Morgan fingerprint density at radius 2 is 2.24 bits per heavy atom. The van der Waals surface area contributed by atoms with E-state index in [9.17, 15) is 4.79 Å².